The second-order valence-electron chi connectivity index (χ2n) is 8.01. The monoisotopic (exact) mass is 376 g/mol. The van der Waals surface area contributed by atoms with Crippen LogP contribution in [0.1, 0.15) is 51.7 Å². The van der Waals surface area contributed by atoms with Crippen LogP contribution in [0.15, 0.2) is 22.6 Å². The van der Waals surface area contributed by atoms with Gasteiger partial charge in [0.25, 0.3) is 0 Å². The van der Waals surface area contributed by atoms with Crippen LogP contribution in [0.5, 0.6) is 0 Å². The zero-order valence-electron chi connectivity index (χ0n) is 16.1. The Morgan fingerprint density at radius 2 is 2.00 bits per heavy atom. The zero-order chi connectivity index (χ0) is 18.9. The van der Waals surface area contributed by atoms with Crippen molar-refractivity contribution in [1.82, 2.24) is 0 Å². The molecule has 1 unspecified atom stereocenters. The number of carbonyl (C=O) groups is 1. The van der Waals surface area contributed by atoms with E-state index in [2.05, 4.69) is 10.5 Å². The van der Waals surface area contributed by atoms with Crippen molar-refractivity contribution in [3.63, 3.8) is 0 Å². The first-order valence-electron chi connectivity index (χ1n) is 9.27. The highest BCUT2D eigenvalue weighted by molar-refractivity contribution is 7.91. The molecule has 3 rings (SSSR count). The van der Waals surface area contributed by atoms with Gasteiger partial charge >= 0.3 is 0 Å². The minimum Gasteiger partial charge on any atom is -0.591 e. The van der Waals surface area contributed by atoms with E-state index in [0.29, 0.717) is 13.2 Å². The number of amides is 1. The summed E-state index contributed by atoms with van der Waals surface area (Å²) in [7, 11) is 0. The minimum atomic E-state index is -1.27. The van der Waals surface area contributed by atoms with Crippen LogP contribution >= 0.6 is 0 Å². The molecule has 0 spiro atoms. The van der Waals surface area contributed by atoms with Gasteiger partial charge in [0.2, 0.25) is 5.91 Å². The average molecular weight is 377 g/mol. The first-order valence-corrected chi connectivity index (χ1v) is 10.4. The smallest absolute Gasteiger partial charge is 0.230 e. The Kier molecular flexibility index (Phi) is 5.75. The molecule has 0 saturated carbocycles. The molecule has 0 aromatic heterocycles. The molecular formula is C20H28N2O3S. The van der Waals surface area contributed by atoms with Crippen molar-refractivity contribution >= 4 is 28.7 Å². The molecule has 0 N–H and O–H groups in total. The number of ether oxygens (including phenoxy) is 1. The van der Waals surface area contributed by atoms with Crippen LogP contribution in [0.2, 0.25) is 0 Å². The molecule has 5 nitrogen and oxygen atoms in total. The number of nitrogens with zero attached hydrogens (tertiary/aromatic N) is 2. The van der Waals surface area contributed by atoms with Crippen LogP contribution in [-0.2, 0) is 27.3 Å². The highest BCUT2D eigenvalue weighted by Crippen LogP contribution is 2.32. The van der Waals surface area contributed by atoms with Crippen molar-refractivity contribution < 1.29 is 14.1 Å². The Hall–Kier alpha value is -1.37. The summed E-state index contributed by atoms with van der Waals surface area (Å²) >= 11 is -1.27. The lowest BCUT2D eigenvalue weighted by Crippen LogP contribution is -2.37. The van der Waals surface area contributed by atoms with E-state index in [9.17, 15) is 9.35 Å². The fraction of sp³-hybridized carbons (Fsp3) is 0.600. The van der Waals surface area contributed by atoms with Gasteiger partial charge in [0.15, 0.2) is 0 Å². The van der Waals surface area contributed by atoms with E-state index in [1.54, 1.807) is 0 Å². The summed E-state index contributed by atoms with van der Waals surface area (Å²) in [5.74, 6) is 0.297. The van der Waals surface area contributed by atoms with Crippen LogP contribution in [0, 0.1) is 5.92 Å². The molecular weight excluding hydrogens is 348 g/mol. The molecule has 2 aliphatic heterocycles. The molecule has 1 atom stereocenters. The van der Waals surface area contributed by atoms with Crippen molar-refractivity contribution in [2.24, 2.45) is 10.3 Å². The molecule has 1 saturated heterocycles. The van der Waals surface area contributed by atoms with E-state index in [-0.39, 0.29) is 16.6 Å². The molecule has 1 amide bonds. The lowest BCUT2D eigenvalue weighted by atomic mass is 9.98. The maximum atomic E-state index is 12.8. The van der Waals surface area contributed by atoms with Gasteiger partial charge in [0.1, 0.15) is 16.1 Å². The predicted octanol–water partition coefficient (Wildman–Crippen LogP) is 3.27. The summed E-state index contributed by atoms with van der Waals surface area (Å²) in [6, 6.07) is 6.08. The largest absolute Gasteiger partial charge is 0.591 e. The number of carbonyl (C=O) groups excluding carboxylic acids is 1. The summed E-state index contributed by atoms with van der Waals surface area (Å²) in [6.07, 6.45) is 2.48. The third-order valence-electron chi connectivity index (χ3n) is 4.97. The molecule has 6 heteroatoms. The van der Waals surface area contributed by atoms with Gasteiger partial charge in [-0.3, -0.25) is 4.79 Å². The van der Waals surface area contributed by atoms with Crippen molar-refractivity contribution in [2.45, 2.75) is 51.7 Å². The second-order valence-corrected chi connectivity index (χ2v) is 9.91. The van der Waals surface area contributed by atoms with Gasteiger partial charge in [-0.1, -0.05) is 10.5 Å². The number of benzene rings is 1. The predicted molar refractivity (Wildman–Crippen MR) is 106 cm³/mol. The highest BCUT2D eigenvalue weighted by atomic mass is 32.2. The minimum absolute atomic E-state index is 0.0758. The van der Waals surface area contributed by atoms with E-state index >= 15 is 0 Å². The molecule has 1 aromatic rings. The van der Waals surface area contributed by atoms with E-state index in [0.717, 1.165) is 42.8 Å². The van der Waals surface area contributed by atoms with Crippen molar-refractivity contribution in [2.75, 3.05) is 24.7 Å². The molecule has 1 aromatic carbocycles. The molecule has 0 bridgehead atoms. The third-order valence-corrected chi connectivity index (χ3v) is 6.46. The summed E-state index contributed by atoms with van der Waals surface area (Å²) in [6.45, 7) is 9.74. The van der Waals surface area contributed by atoms with Crippen molar-refractivity contribution in [1.29, 1.82) is 0 Å². The van der Waals surface area contributed by atoms with Crippen LogP contribution in [0.4, 0.5) is 5.69 Å². The molecule has 1 fully saturated rings. The van der Waals surface area contributed by atoms with Crippen LogP contribution in [-0.4, -0.2) is 40.7 Å². The van der Waals surface area contributed by atoms with Crippen LogP contribution in [0.25, 0.3) is 0 Å². The SMILES string of the molecule is C/C(=N/[S+]([O-])C(C)(C)C)c1ccc2c(c1)CCN2C(=O)C1CCOCC1. The van der Waals surface area contributed by atoms with Gasteiger partial charge in [-0.15, -0.1) is 0 Å². The summed E-state index contributed by atoms with van der Waals surface area (Å²) in [5.41, 5.74) is 3.92. The van der Waals surface area contributed by atoms with E-state index in [4.69, 9.17) is 4.74 Å². The Balaban J connectivity index is 1.78. The molecule has 0 radical (unpaired) electrons. The molecule has 0 aliphatic carbocycles. The maximum absolute atomic E-state index is 12.8. The molecule has 2 heterocycles. The first-order chi connectivity index (χ1) is 12.3. The van der Waals surface area contributed by atoms with E-state index < -0.39 is 11.4 Å². The number of anilines is 1. The van der Waals surface area contributed by atoms with Gasteiger partial charge < -0.3 is 14.2 Å². The Bertz CT molecular complexity index is 705. The molecule has 2 aliphatic rings. The fourth-order valence-electron chi connectivity index (χ4n) is 3.33. The first kappa shape index (κ1) is 19.4. The van der Waals surface area contributed by atoms with Gasteiger partial charge in [-0.25, -0.2) is 0 Å². The lowest BCUT2D eigenvalue weighted by molar-refractivity contribution is -0.125. The molecule has 26 heavy (non-hydrogen) atoms. The van der Waals surface area contributed by atoms with Gasteiger partial charge in [0, 0.05) is 36.9 Å². The normalized spacial score (nSPS) is 20.2. The van der Waals surface area contributed by atoms with Crippen LogP contribution < -0.4 is 4.90 Å². The lowest BCUT2D eigenvalue weighted by Gasteiger charge is -2.26. The average Bonchev–Trinajstić information content (AvgIpc) is 3.04. The highest BCUT2D eigenvalue weighted by Gasteiger charge is 2.32. The van der Waals surface area contributed by atoms with E-state index in [1.807, 2.05) is 44.7 Å². The summed E-state index contributed by atoms with van der Waals surface area (Å²) in [4.78, 5) is 14.8. The number of rotatable bonds is 3. The van der Waals surface area contributed by atoms with E-state index in [1.165, 1.54) is 5.56 Å². The standard InChI is InChI=1S/C20H28N2O3S/c1-14(21-26(24)20(2,3)4)16-5-6-18-17(13-16)7-10-22(18)19(23)15-8-11-25-12-9-15/h5-6,13,15H,7-12H2,1-4H3/b21-14-. The van der Waals surface area contributed by atoms with Crippen molar-refractivity contribution in [3.8, 4) is 0 Å². The number of fused-ring (bicyclic) bond motifs is 1. The van der Waals surface area contributed by atoms with Crippen LogP contribution in [0.3, 0.4) is 0 Å². The summed E-state index contributed by atoms with van der Waals surface area (Å²) in [5, 5.41) is 0. The zero-order valence-corrected chi connectivity index (χ0v) is 16.9. The van der Waals surface area contributed by atoms with Gasteiger partial charge in [0.05, 0.1) is 5.71 Å². The quantitative estimate of drug-likeness (QED) is 0.601. The number of hydrogen-bond donors (Lipinski definition) is 0. The fourth-order valence-corrected chi connectivity index (χ4v) is 3.96. The Labute approximate surface area is 159 Å². The number of hydrogen-bond acceptors (Lipinski definition) is 4. The van der Waals surface area contributed by atoms with Gasteiger partial charge in [-0.05, 0) is 64.7 Å². The second kappa shape index (κ2) is 7.71. The Morgan fingerprint density at radius 3 is 2.65 bits per heavy atom. The topological polar surface area (TPSA) is 65.0 Å². The third kappa shape index (κ3) is 4.13. The maximum Gasteiger partial charge on any atom is 0.230 e. The summed E-state index contributed by atoms with van der Waals surface area (Å²) < 4.78 is 21.6. The van der Waals surface area contributed by atoms with Crippen molar-refractivity contribution in [3.05, 3.63) is 29.3 Å². The van der Waals surface area contributed by atoms with Gasteiger partial charge in [-0.2, -0.15) is 0 Å². The molecule has 142 valence electrons. The Morgan fingerprint density at radius 1 is 1.31 bits per heavy atom.